The van der Waals surface area contributed by atoms with Gasteiger partial charge in [-0.25, -0.2) is 14.5 Å². The number of esters is 1. The highest BCUT2D eigenvalue weighted by Gasteiger charge is 2.17. The molecular weight excluding hydrogens is 314 g/mol. The topological polar surface area (TPSA) is 74.1 Å². The first kappa shape index (κ1) is 15.4. The van der Waals surface area contributed by atoms with Crippen LogP contribution in [0, 0.1) is 0 Å². The first-order valence-electron chi connectivity index (χ1n) is 7.16. The number of nitrogens with zero attached hydrogens (tertiary/aromatic N) is 3. The molecule has 3 rings (SSSR count). The second-order valence-corrected chi connectivity index (χ2v) is 5.93. The van der Waals surface area contributed by atoms with Gasteiger partial charge >= 0.3 is 5.97 Å². The van der Waals surface area contributed by atoms with E-state index in [1.807, 2.05) is 12.3 Å². The second-order valence-electron chi connectivity index (χ2n) is 4.99. The number of aryl methyl sites for hydroxylation is 2. The fourth-order valence-corrected chi connectivity index (χ4v) is 2.97. The van der Waals surface area contributed by atoms with Gasteiger partial charge in [0.2, 0.25) is 0 Å². The number of aromatic nitrogens is 3. The van der Waals surface area contributed by atoms with Crippen molar-refractivity contribution in [2.45, 2.75) is 20.0 Å². The fourth-order valence-electron chi connectivity index (χ4n) is 2.24. The van der Waals surface area contributed by atoms with Crippen LogP contribution >= 0.6 is 11.3 Å². The molecule has 23 heavy (non-hydrogen) atoms. The normalized spacial score (nSPS) is 10.9. The molecular formula is C16H15N3O3S. The van der Waals surface area contributed by atoms with Crippen molar-refractivity contribution in [1.82, 2.24) is 14.8 Å². The predicted octanol–water partition coefficient (Wildman–Crippen LogP) is 2.31. The summed E-state index contributed by atoms with van der Waals surface area (Å²) in [4.78, 5) is 28.8. The number of fused-ring (bicyclic) bond motifs is 1. The molecule has 1 aromatic carbocycles. The number of ether oxygens (including phenoxy) is 1. The Morgan fingerprint density at radius 2 is 2.04 bits per heavy atom. The molecule has 0 bridgehead atoms. The first-order valence-corrected chi connectivity index (χ1v) is 8.04. The maximum absolute atomic E-state index is 12.3. The quantitative estimate of drug-likeness (QED) is 0.687. The molecule has 0 unspecified atom stereocenters. The van der Waals surface area contributed by atoms with E-state index >= 15 is 0 Å². The van der Waals surface area contributed by atoms with Gasteiger partial charge in [-0.1, -0.05) is 25.1 Å². The average molecular weight is 329 g/mol. The summed E-state index contributed by atoms with van der Waals surface area (Å²) < 4.78 is 6.45. The van der Waals surface area contributed by atoms with Gasteiger partial charge in [0.1, 0.15) is 6.61 Å². The Morgan fingerprint density at radius 1 is 1.30 bits per heavy atom. The van der Waals surface area contributed by atoms with Gasteiger partial charge in [-0.05, 0) is 12.5 Å². The Kier molecular flexibility index (Phi) is 4.20. The summed E-state index contributed by atoms with van der Waals surface area (Å²) >= 11 is 1.54. The molecule has 2 aromatic heterocycles. The lowest BCUT2D eigenvalue weighted by Gasteiger charge is -2.07. The lowest BCUT2D eigenvalue weighted by atomic mass is 10.1. The van der Waals surface area contributed by atoms with E-state index in [1.54, 1.807) is 35.6 Å². The molecule has 6 nitrogen and oxygen atoms in total. The van der Waals surface area contributed by atoms with Crippen molar-refractivity contribution in [3.05, 3.63) is 56.4 Å². The van der Waals surface area contributed by atoms with E-state index in [1.165, 1.54) is 7.05 Å². The molecule has 0 aliphatic carbocycles. The molecule has 2 heterocycles. The van der Waals surface area contributed by atoms with Crippen molar-refractivity contribution in [3.8, 4) is 0 Å². The zero-order chi connectivity index (χ0) is 16.4. The van der Waals surface area contributed by atoms with Crippen LogP contribution < -0.4 is 5.56 Å². The highest BCUT2D eigenvalue weighted by atomic mass is 32.1. The highest BCUT2D eigenvalue weighted by molar-refractivity contribution is 7.09. The molecule has 0 aliphatic rings. The maximum Gasteiger partial charge on any atom is 0.359 e. The van der Waals surface area contributed by atoms with Gasteiger partial charge in [0, 0.05) is 17.8 Å². The van der Waals surface area contributed by atoms with Crippen LogP contribution in [0.5, 0.6) is 0 Å². The molecule has 118 valence electrons. The maximum atomic E-state index is 12.3. The molecule has 0 saturated carbocycles. The number of carbonyl (C=O) groups is 1. The van der Waals surface area contributed by atoms with Crippen LogP contribution in [0.2, 0.25) is 0 Å². The minimum absolute atomic E-state index is 0.0914. The molecule has 0 saturated heterocycles. The van der Waals surface area contributed by atoms with Gasteiger partial charge in [0.15, 0.2) is 5.69 Å². The smallest absolute Gasteiger partial charge is 0.359 e. The Bertz CT molecular complexity index is 930. The van der Waals surface area contributed by atoms with E-state index < -0.39 is 5.97 Å². The number of benzene rings is 1. The van der Waals surface area contributed by atoms with Crippen molar-refractivity contribution in [1.29, 1.82) is 0 Å². The number of thiazole rings is 1. The average Bonchev–Trinajstić information content (AvgIpc) is 3.04. The van der Waals surface area contributed by atoms with Crippen LogP contribution in [0.3, 0.4) is 0 Å². The van der Waals surface area contributed by atoms with Crippen molar-refractivity contribution in [2.24, 2.45) is 7.05 Å². The molecule has 0 radical (unpaired) electrons. The Hall–Kier alpha value is -2.54. The summed E-state index contributed by atoms with van der Waals surface area (Å²) in [5.41, 5.74) is 0.604. The summed E-state index contributed by atoms with van der Waals surface area (Å²) in [6.45, 7) is 2.11. The second kappa shape index (κ2) is 6.29. The summed E-state index contributed by atoms with van der Waals surface area (Å²) in [6.07, 6.45) is 0.853. The predicted molar refractivity (Wildman–Crippen MR) is 87.6 cm³/mol. The molecule has 3 aromatic rings. The van der Waals surface area contributed by atoms with E-state index in [0.29, 0.717) is 16.5 Å². The van der Waals surface area contributed by atoms with Crippen LogP contribution in [-0.4, -0.2) is 20.7 Å². The van der Waals surface area contributed by atoms with E-state index in [0.717, 1.165) is 16.1 Å². The van der Waals surface area contributed by atoms with Gasteiger partial charge in [-0.3, -0.25) is 4.79 Å². The SMILES string of the molecule is CCc1nc(COC(=O)c2nn(C)c(=O)c3ccccc23)cs1. The van der Waals surface area contributed by atoms with Crippen LogP contribution in [0.4, 0.5) is 0 Å². The van der Waals surface area contributed by atoms with Crippen molar-refractivity contribution >= 4 is 28.1 Å². The third kappa shape index (κ3) is 3.00. The standard InChI is InChI=1S/C16H15N3O3S/c1-3-13-17-10(9-23-13)8-22-16(21)14-11-6-4-5-7-12(11)15(20)19(2)18-14/h4-7,9H,3,8H2,1-2H3. The van der Waals surface area contributed by atoms with Gasteiger partial charge in [0.05, 0.1) is 16.1 Å². The van der Waals surface area contributed by atoms with Gasteiger partial charge in [-0.2, -0.15) is 5.10 Å². The van der Waals surface area contributed by atoms with Crippen molar-refractivity contribution < 1.29 is 9.53 Å². The van der Waals surface area contributed by atoms with E-state index in [9.17, 15) is 9.59 Å². The summed E-state index contributed by atoms with van der Waals surface area (Å²) in [6, 6.07) is 6.87. The largest absolute Gasteiger partial charge is 0.454 e. The van der Waals surface area contributed by atoms with Crippen LogP contribution in [-0.2, 0) is 24.8 Å². The summed E-state index contributed by atoms with van der Waals surface area (Å²) in [5.74, 6) is -0.567. The number of hydrogen-bond donors (Lipinski definition) is 0. The first-order chi connectivity index (χ1) is 11.1. The zero-order valence-corrected chi connectivity index (χ0v) is 13.6. The molecule has 0 fully saturated rings. The Morgan fingerprint density at radius 3 is 2.74 bits per heavy atom. The zero-order valence-electron chi connectivity index (χ0n) is 12.8. The minimum atomic E-state index is -0.567. The Labute approximate surface area is 136 Å². The lowest BCUT2D eigenvalue weighted by Crippen LogP contribution is -2.23. The summed E-state index contributed by atoms with van der Waals surface area (Å²) in [7, 11) is 1.51. The molecule has 0 atom stereocenters. The highest BCUT2D eigenvalue weighted by Crippen LogP contribution is 2.16. The monoisotopic (exact) mass is 329 g/mol. The van der Waals surface area contributed by atoms with Crippen molar-refractivity contribution in [2.75, 3.05) is 0 Å². The Balaban J connectivity index is 1.89. The molecule has 0 aliphatic heterocycles. The van der Waals surface area contributed by atoms with Crippen LogP contribution in [0.15, 0.2) is 34.4 Å². The number of hydrogen-bond acceptors (Lipinski definition) is 6. The number of rotatable bonds is 4. The van der Waals surface area contributed by atoms with Gasteiger partial charge < -0.3 is 4.74 Å². The van der Waals surface area contributed by atoms with E-state index in [4.69, 9.17) is 4.74 Å². The summed E-state index contributed by atoms with van der Waals surface area (Å²) in [5, 5.41) is 7.86. The minimum Gasteiger partial charge on any atom is -0.454 e. The van der Waals surface area contributed by atoms with Gasteiger partial charge in [-0.15, -0.1) is 11.3 Å². The fraction of sp³-hybridized carbons (Fsp3) is 0.250. The third-order valence-electron chi connectivity index (χ3n) is 3.40. The van der Waals surface area contributed by atoms with Crippen LogP contribution in [0.1, 0.15) is 28.1 Å². The third-order valence-corrected chi connectivity index (χ3v) is 4.44. The number of carbonyl (C=O) groups excluding carboxylic acids is 1. The van der Waals surface area contributed by atoms with Gasteiger partial charge in [0.25, 0.3) is 5.56 Å². The van der Waals surface area contributed by atoms with E-state index in [2.05, 4.69) is 10.1 Å². The molecule has 0 amide bonds. The van der Waals surface area contributed by atoms with E-state index in [-0.39, 0.29) is 17.9 Å². The van der Waals surface area contributed by atoms with Crippen molar-refractivity contribution in [3.63, 3.8) is 0 Å². The molecule has 7 heteroatoms. The van der Waals surface area contributed by atoms with Crippen LogP contribution in [0.25, 0.3) is 10.8 Å². The lowest BCUT2D eigenvalue weighted by molar-refractivity contribution is 0.0461. The molecule has 0 N–H and O–H groups in total. The molecule has 0 spiro atoms.